The van der Waals surface area contributed by atoms with E-state index in [2.05, 4.69) is 16.0 Å². The summed E-state index contributed by atoms with van der Waals surface area (Å²) in [5.41, 5.74) is 11.9. The first-order valence-corrected chi connectivity index (χ1v) is 10.4. The number of aliphatic hydroxyl groups is 1. The Hall–Kier alpha value is -3.02. The highest BCUT2D eigenvalue weighted by Gasteiger charge is 2.28. The van der Waals surface area contributed by atoms with Gasteiger partial charge in [0.2, 0.25) is 17.7 Å². The van der Waals surface area contributed by atoms with Gasteiger partial charge in [0.1, 0.15) is 18.1 Å². The maximum absolute atomic E-state index is 12.4. The van der Waals surface area contributed by atoms with E-state index in [4.69, 9.17) is 11.5 Å². The highest BCUT2D eigenvalue weighted by atomic mass is 16.4. The first kappa shape index (κ1) is 27.0. The van der Waals surface area contributed by atoms with Gasteiger partial charge in [0, 0.05) is 6.42 Å². The number of carboxylic acids is 1. The van der Waals surface area contributed by atoms with Crippen molar-refractivity contribution < 1.29 is 29.4 Å². The number of unbranched alkanes of at least 4 members (excludes halogenated alkanes) is 1. The summed E-state index contributed by atoms with van der Waals surface area (Å²) >= 11 is 0. The lowest BCUT2D eigenvalue weighted by atomic mass is 10.1. The third-order valence-corrected chi connectivity index (χ3v) is 4.77. The molecular weight excluding hydrogens is 418 g/mol. The molecule has 0 spiro atoms. The Morgan fingerprint density at radius 3 is 2.12 bits per heavy atom. The van der Waals surface area contributed by atoms with E-state index in [0.29, 0.717) is 25.8 Å². The molecule has 4 unspecified atom stereocenters. The van der Waals surface area contributed by atoms with E-state index in [1.807, 2.05) is 0 Å². The zero-order valence-corrected chi connectivity index (χ0v) is 18.1. The van der Waals surface area contributed by atoms with Gasteiger partial charge in [0.05, 0.1) is 12.6 Å². The van der Waals surface area contributed by atoms with E-state index in [1.165, 1.54) is 6.92 Å². The van der Waals surface area contributed by atoms with Crippen LogP contribution in [0.1, 0.15) is 31.7 Å². The number of amides is 3. The predicted octanol–water partition coefficient (Wildman–Crippen LogP) is -1.76. The number of nitrogens with one attached hydrogen (secondary N) is 3. The lowest BCUT2D eigenvalue weighted by Gasteiger charge is -2.22. The Morgan fingerprint density at radius 1 is 0.938 bits per heavy atom. The molecule has 0 aliphatic carbocycles. The van der Waals surface area contributed by atoms with Crippen molar-refractivity contribution in [2.45, 2.75) is 56.8 Å². The van der Waals surface area contributed by atoms with Crippen LogP contribution in [0.5, 0.6) is 0 Å². The molecule has 11 nitrogen and oxygen atoms in total. The average molecular weight is 452 g/mol. The fraction of sp³-hybridized carbons (Fsp3) is 0.524. The molecular formula is C21H33N5O6. The molecule has 32 heavy (non-hydrogen) atoms. The molecule has 0 saturated carbocycles. The number of benzene rings is 1. The van der Waals surface area contributed by atoms with Crippen LogP contribution in [-0.2, 0) is 25.6 Å². The summed E-state index contributed by atoms with van der Waals surface area (Å²) in [4.78, 5) is 48.4. The normalized spacial score (nSPS) is 14.5. The number of nitrogens with two attached hydrogens (primary N) is 2. The summed E-state index contributed by atoms with van der Waals surface area (Å²) < 4.78 is 0. The van der Waals surface area contributed by atoms with E-state index in [-0.39, 0.29) is 6.42 Å². The Balaban J connectivity index is 2.62. The summed E-state index contributed by atoms with van der Waals surface area (Å²) in [5.74, 6) is -3.34. The van der Waals surface area contributed by atoms with Gasteiger partial charge < -0.3 is 37.6 Å². The highest BCUT2D eigenvalue weighted by molar-refractivity contribution is 5.94. The van der Waals surface area contributed by atoms with E-state index in [1.54, 1.807) is 30.3 Å². The topological polar surface area (TPSA) is 197 Å². The van der Waals surface area contributed by atoms with Crippen molar-refractivity contribution in [1.29, 1.82) is 0 Å². The van der Waals surface area contributed by atoms with Crippen LogP contribution in [0, 0.1) is 0 Å². The van der Waals surface area contributed by atoms with Crippen LogP contribution in [0.3, 0.4) is 0 Å². The van der Waals surface area contributed by atoms with Crippen molar-refractivity contribution in [3.8, 4) is 0 Å². The molecule has 0 heterocycles. The third kappa shape index (κ3) is 9.41. The molecule has 0 aliphatic heterocycles. The van der Waals surface area contributed by atoms with Gasteiger partial charge in [0.25, 0.3) is 0 Å². The van der Waals surface area contributed by atoms with Crippen LogP contribution in [0.25, 0.3) is 0 Å². The summed E-state index contributed by atoms with van der Waals surface area (Å²) in [6, 6.07) is 4.31. The van der Waals surface area contributed by atoms with Crippen molar-refractivity contribution in [1.82, 2.24) is 16.0 Å². The zero-order chi connectivity index (χ0) is 24.1. The van der Waals surface area contributed by atoms with Gasteiger partial charge in [-0.3, -0.25) is 14.4 Å². The molecule has 11 heteroatoms. The smallest absolute Gasteiger partial charge is 0.326 e. The molecule has 0 aliphatic rings. The molecule has 1 rings (SSSR count). The van der Waals surface area contributed by atoms with Crippen LogP contribution in [0.15, 0.2) is 30.3 Å². The second-order valence-electron chi connectivity index (χ2n) is 7.45. The number of hydrogen-bond acceptors (Lipinski definition) is 7. The van der Waals surface area contributed by atoms with Gasteiger partial charge in [-0.2, -0.15) is 0 Å². The van der Waals surface area contributed by atoms with Crippen molar-refractivity contribution in [2.24, 2.45) is 11.5 Å². The van der Waals surface area contributed by atoms with E-state index in [9.17, 15) is 29.4 Å². The first-order chi connectivity index (χ1) is 15.2. The fourth-order valence-corrected chi connectivity index (χ4v) is 2.84. The number of carbonyl (C=O) groups is 4. The number of aliphatic carboxylic acids is 1. The van der Waals surface area contributed by atoms with Gasteiger partial charge in [0.15, 0.2) is 0 Å². The highest BCUT2D eigenvalue weighted by Crippen LogP contribution is 2.04. The monoisotopic (exact) mass is 451 g/mol. The van der Waals surface area contributed by atoms with Gasteiger partial charge in [-0.05, 0) is 31.9 Å². The summed E-state index contributed by atoms with van der Waals surface area (Å²) in [5, 5.41) is 26.0. The molecule has 0 bridgehead atoms. The van der Waals surface area contributed by atoms with E-state index < -0.39 is 54.5 Å². The SMILES string of the molecule is CC(NC(=O)C(CO)NC(=O)C(N)CCCCN)C(=O)NC(Cc1ccccc1)C(=O)O. The van der Waals surface area contributed by atoms with Crippen LogP contribution in [0.2, 0.25) is 0 Å². The fourth-order valence-electron chi connectivity index (χ4n) is 2.84. The molecule has 9 N–H and O–H groups in total. The van der Waals surface area contributed by atoms with Crippen LogP contribution in [-0.4, -0.2) is 71.2 Å². The third-order valence-electron chi connectivity index (χ3n) is 4.77. The summed E-state index contributed by atoms with van der Waals surface area (Å²) in [6.45, 7) is 1.14. The Morgan fingerprint density at radius 2 is 1.56 bits per heavy atom. The Kier molecular flexibility index (Phi) is 11.9. The van der Waals surface area contributed by atoms with Crippen LogP contribution < -0.4 is 27.4 Å². The molecule has 178 valence electrons. The lowest BCUT2D eigenvalue weighted by molar-refractivity contribution is -0.142. The molecule has 1 aromatic rings. The van der Waals surface area contributed by atoms with Crippen molar-refractivity contribution in [3.63, 3.8) is 0 Å². The van der Waals surface area contributed by atoms with Crippen molar-refractivity contribution in [2.75, 3.05) is 13.2 Å². The largest absolute Gasteiger partial charge is 0.480 e. The average Bonchev–Trinajstić information content (AvgIpc) is 2.77. The number of hydrogen-bond donors (Lipinski definition) is 7. The standard InChI is InChI=1S/C21H33N5O6/c1-13(18(28)25-16(21(31)32)11-14-7-3-2-4-8-14)24-20(30)17(12-27)26-19(29)15(23)9-5-6-10-22/h2-4,7-8,13,15-17,27H,5-6,9-12,22-23H2,1H3,(H,24,30)(H,25,28)(H,26,29)(H,31,32). The summed E-state index contributed by atoms with van der Waals surface area (Å²) in [7, 11) is 0. The maximum Gasteiger partial charge on any atom is 0.326 e. The first-order valence-electron chi connectivity index (χ1n) is 10.4. The van der Waals surface area contributed by atoms with Gasteiger partial charge in [-0.15, -0.1) is 0 Å². The number of rotatable bonds is 14. The minimum Gasteiger partial charge on any atom is -0.480 e. The quantitative estimate of drug-likeness (QED) is 0.161. The number of carbonyl (C=O) groups excluding carboxylic acids is 3. The second kappa shape index (κ2) is 14.1. The molecule has 4 atom stereocenters. The van der Waals surface area contributed by atoms with Gasteiger partial charge >= 0.3 is 5.97 Å². The van der Waals surface area contributed by atoms with Crippen molar-refractivity contribution in [3.05, 3.63) is 35.9 Å². The number of carboxylic acid groups (broad SMARTS) is 1. The molecule has 0 saturated heterocycles. The van der Waals surface area contributed by atoms with Gasteiger partial charge in [-0.25, -0.2) is 4.79 Å². The van der Waals surface area contributed by atoms with Crippen LogP contribution in [0.4, 0.5) is 0 Å². The maximum atomic E-state index is 12.4. The Labute approximate surface area is 186 Å². The molecule has 0 aromatic heterocycles. The molecule has 0 radical (unpaired) electrons. The molecule has 1 aromatic carbocycles. The minimum absolute atomic E-state index is 0.0694. The zero-order valence-electron chi connectivity index (χ0n) is 18.1. The van der Waals surface area contributed by atoms with Gasteiger partial charge in [-0.1, -0.05) is 36.8 Å². The molecule has 0 fully saturated rings. The second-order valence-corrected chi connectivity index (χ2v) is 7.45. The Bertz CT molecular complexity index is 760. The van der Waals surface area contributed by atoms with Crippen molar-refractivity contribution >= 4 is 23.7 Å². The predicted molar refractivity (Wildman–Crippen MR) is 117 cm³/mol. The van der Waals surface area contributed by atoms with E-state index >= 15 is 0 Å². The molecule has 3 amide bonds. The summed E-state index contributed by atoms with van der Waals surface area (Å²) in [6.07, 6.45) is 1.80. The van der Waals surface area contributed by atoms with Crippen LogP contribution >= 0.6 is 0 Å². The lowest BCUT2D eigenvalue weighted by Crippen LogP contribution is -2.57. The number of aliphatic hydroxyl groups excluding tert-OH is 1. The minimum atomic E-state index is -1.31. The van der Waals surface area contributed by atoms with E-state index in [0.717, 1.165) is 5.56 Å².